The lowest BCUT2D eigenvalue weighted by Crippen LogP contribution is -2.29. The van der Waals surface area contributed by atoms with Crippen LogP contribution in [0.1, 0.15) is 30.7 Å². The summed E-state index contributed by atoms with van der Waals surface area (Å²) in [6.07, 6.45) is 0. The Morgan fingerprint density at radius 3 is 2.47 bits per heavy atom. The number of rotatable bonds is 1. The fraction of sp³-hybridized carbons (Fsp3) is 0.115. The van der Waals surface area contributed by atoms with Gasteiger partial charge in [-0.1, -0.05) is 47.2 Å². The molecule has 32 heavy (non-hydrogen) atoms. The molecule has 0 atom stereocenters. The predicted octanol–water partition coefficient (Wildman–Crippen LogP) is 7.22. The quantitative estimate of drug-likeness (QED) is 0.303. The number of nitrogens with one attached hydrogen (secondary N) is 1. The van der Waals surface area contributed by atoms with Crippen LogP contribution in [0.4, 0.5) is 4.39 Å². The highest BCUT2D eigenvalue weighted by Crippen LogP contribution is 2.45. The average Bonchev–Trinajstić information content (AvgIpc) is 3.18. The van der Waals surface area contributed by atoms with Gasteiger partial charge in [-0.25, -0.2) is 9.37 Å². The lowest BCUT2D eigenvalue weighted by atomic mass is 9.94. The normalized spacial score (nSPS) is 13.4. The Balaban J connectivity index is 1.58. The van der Waals surface area contributed by atoms with Gasteiger partial charge in [-0.05, 0) is 62.4 Å². The van der Waals surface area contributed by atoms with E-state index in [1.165, 1.54) is 6.07 Å². The lowest BCUT2D eigenvalue weighted by molar-refractivity contribution is 0.101. The zero-order chi connectivity index (χ0) is 22.5. The van der Waals surface area contributed by atoms with Crippen LogP contribution in [0.15, 0.2) is 60.7 Å². The van der Waals surface area contributed by atoms with Crippen molar-refractivity contribution in [1.82, 2.24) is 9.97 Å². The summed E-state index contributed by atoms with van der Waals surface area (Å²) in [4.78, 5) is 7.93. The van der Waals surface area contributed by atoms with Gasteiger partial charge in [0.2, 0.25) is 0 Å². The molecule has 158 valence electrons. The van der Waals surface area contributed by atoms with Crippen LogP contribution in [0.25, 0.3) is 22.6 Å². The van der Waals surface area contributed by atoms with Crippen molar-refractivity contribution in [2.75, 3.05) is 0 Å². The summed E-state index contributed by atoms with van der Waals surface area (Å²) in [6, 6.07) is 17.7. The van der Waals surface area contributed by atoms with Crippen molar-refractivity contribution in [1.29, 1.82) is 0 Å². The van der Waals surface area contributed by atoms with Crippen LogP contribution in [0, 0.1) is 17.7 Å². The van der Waals surface area contributed by atoms with Crippen LogP contribution in [-0.4, -0.2) is 9.97 Å². The van der Waals surface area contributed by atoms with Crippen molar-refractivity contribution in [2.45, 2.75) is 19.4 Å². The number of imidazole rings is 1. The molecule has 3 nitrogen and oxygen atoms in total. The Hall–Kier alpha value is -3.26. The Kier molecular flexibility index (Phi) is 4.97. The number of aromatic amines is 1. The van der Waals surface area contributed by atoms with Crippen LogP contribution in [0.3, 0.4) is 0 Å². The van der Waals surface area contributed by atoms with Gasteiger partial charge >= 0.3 is 0 Å². The molecule has 0 saturated carbocycles. The van der Waals surface area contributed by atoms with Crippen molar-refractivity contribution >= 4 is 23.2 Å². The van der Waals surface area contributed by atoms with E-state index >= 15 is 0 Å². The third-order valence-corrected chi connectivity index (χ3v) is 5.83. The maximum atomic E-state index is 14.5. The number of halogens is 3. The molecule has 1 aliphatic heterocycles. The predicted molar refractivity (Wildman–Crippen MR) is 126 cm³/mol. The van der Waals surface area contributed by atoms with E-state index in [0.29, 0.717) is 27.3 Å². The zero-order valence-electron chi connectivity index (χ0n) is 17.3. The van der Waals surface area contributed by atoms with E-state index in [1.54, 1.807) is 12.1 Å². The molecule has 0 amide bonds. The number of H-pyrrole nitrogens is 1. The maximum absolute atomic E-state index is 14.5. The average molecular weight is 463 g/mol. The van der Waals surface area contributed by atoms with E-state index in [1.807, 2.05) is 56.3 Å². The minimum atomic E-state index is -0.704. The molecule has 3 aromatic carbocycles. The number of ether oxygens (including phenoxy) is 1. The van der Waals surface area contributed by atoms with Gasteiger partial charge in [0.25, 0.3) is 0 Å². The molecule has 5 rings (SSSR count). The third kappa shape index (κ3) is 3.64. The van der Waals surface area contributed by atoms with E-state index in [2.05, 4.69) is 16.8 Å². The van der Waals surface area contributed by atoms with Gasteiger partial charge in [0.15, 0.2) is 0 Å². The van der Waals surface area contributed by atoms with Crippen molar-refractivity contribution in [3.05, 3.63) is 93.3 Å². The lowest BCUT2D eigenvalue weighted by Gasteiger charge is -2.31. The number of hydrogen-bond donors (Lipinski definition) is 1. The molecule has 1 aromatic heterocycles. The molecule has 4 aromatic rings. The van der Waals surface area contributed by atoms with Crippen LogP contribution in [-0.2, 0) is 5.60 Å². The molecular weight excluding hydrogens is 446 g/mol. The summed E-state index contributed by atoms with van der Waals surface area (Å²) in [5, 5.41) is 0.936. The van der Waals surface area contributed by atoms with Gasteiger partial charge in [0, 0.05) is 21.7 Å². The maximum Gasteiger partial charge on any atom is 0.145 e. The summed E-state index contributed by atoms with van der Waals surface area (Å²) >= 11 is 12.3. The number of aromatic nitrogens is 2. The zero-order valence-corrected chi connectivity index (χ0v) is 18.8. The smallest absolute Gasteiger partial charge is 0.145 e. The SMILES string of the molecule is CC1(C)Oc2cc(C#Cc3cccc(Cl)c3)ccc2-c2nc(-c3c(F)cccc3Cl)[nH]c21. The number of hydrogen-bond acceptors (Lipinski definition) is 2. The highest BCUT2D eigenvalue weighted by atomic mass is 35.5. The van der Waals surface area contributed by atoms with Crippen LogP contribution in [0.2, 0.25) is 10.0 Å². The fourth-order valence-electron chi connectivity index (χ4n) is 3.76. The molecule has 0 spiro atoms. The van der Waals surface area contributed by atoms with Gasteiger partial charge in [-0.3, -0.25) is 0 Å². The van der Waals surface area contributed by atoms with Crippen molar-refractivity contribution in [3.63, 3.8) is 0 Å². The van der Waals surface area contributed by atoms with E-state index in [0.717, 1.165) is 22.4 Å². The number of benzene rings is 3. The minimum absolute atomic E-state index is 0.241. The third-order valence-electron chi connectivity index (χ3n) is 5.28. The molecule has 0 aliphatic carbocycles. The van der Waals surface area contributed by atoms with E-state index in [-0.39, 0.29) is 5.56 Å². The first kappa shape index (κ1) is 20.6. The molecule has 6 heteroatoms. The van der Waals surface area contributed by atoms with Gasteiger partial charge in [0.05, 0.1) is 22.0 Å². The standard InChI is InChI=1S/C26H17Cl2FN2O/c1-26(2)24-23(30-25(31-24)22-19(28)7-4-8-20(22)29)18-12-11-16(14-21(18)32-26)10-9-15-5-3-6-17(27)13-15/h3-8,11-14H,1-2H3,(H,30,31). The van der Waals surface area contributed by atoms with E-state index < -0.39 is 11.4 Å². The van der Waals surface area contributed by atoms with Crippen molar-refractivity contribution in [2.24, 2.45) is 0 Å². The number of nitrogens with zero attached hydrogens (tertiary/aromatic N) is 1. The Labute approximate surface area is 195 Å². The van der Waals surface area contributed by atoms with E-state index in [9.17, 15) is 4.39 Å². The first-order valence-corrected chi connectivity index (χ1v) is 10.7. The van der Waals surface area contributed by atoms with Gasteiger partial charge in [-0.2, -0.15) is 0 Å². The second-order valence-electron chi connectivity index (χ2n) is 7.99. The molecule has 0 fully saturated rings. The van der Waals surface area contributed by atoms with Crippen LogP contribution < -0.4 is 4.74 Å². The molecule has 0 unspecified atom stereocenters. The summed E-state index contributed by atoms with van der Waals surface area (Å²) in [7, 11) is 0. The highest BCUT2D eigenvalue weighted by molar-refractivity contribution is 6.33. The largest absolute Gasteiger partial charge is 0.481 e. The summed E-state index contributed by atoms with van der Waals surface area (Å²) in [5.74, 6) is 6.87. The summed E-state index contributed by atoms with van der Waals surface area (Å²) < 4.78 is 20.8. The minimum Gasteiger partial charge on any atom is -0.481 e. The molecule has 1 aliphatic rings. The Bertz CT molecular complexity index is 1410. The number of fused-ring (bicyclic) bond motifs is 3. The molecule has 0 bridgehead atoms. The fourth-order valence-corrected chi connectivity index (χ4v) is 4.21. The monoisotopic (exact) mass is 462 g/mol. The van der Waals surface area contributed by atoms with Gasteiger partial charge < -0.3 is 9.72 Å². The van der Waals surface area contributed by atoms with Crippen LogP contribution in [0.5, 0.6) is 5.75 Å². The Morgan fingerprint density at radius 2 is 1.72 bits per heavy atom. The topological polar surface area (TPSA) is 37.9 Å². The first-order valence-electron chi connectivity index (χ1n) is 9.98. The van der Waals surface area contributed by atoms with E-state index in [4.69, 9.17) is 32.9 Å². The molecule has 0 radical (unpaired) electrons. The Morgan fingerprint density at radius 1 is 0.969 bits per heavy atom. The second kappa shape index (κ2) is 7.70. The van der Waals surface area contributed by atoms with Gasteiger partial charge in [0.1, 0.15) is 23.0 Å². The highest BCUT2D eigenvalue weighted by Gasteiger charge is 2.36. The van der Waals surface area contributed by atoms with Gasteiger partial charge in [-0.15, -0.1) is 0 Å². The second-order valence-corrected chi connectivity index (χ2v) is 8.83. The van der Waals surface area contributed by atoms with Crippen molar-refractivity contribution < 1.29 is 9.13 Å². The summed E-state index contributed by atoms with van der Waals surface area (Å²) in [5.41, 5.74) is 3.45. The molecule has 2 heterocycles. The first-order chi connectivity index (χ1) is 15.3. The molecule has 0 saturated heterocycles. The summed E-state index contributed by atoms with van der Waals surface area (Å²) in [6.45, 7) is 3.87. The molecule has 1 N–H and O–H groups in total. The van der Waals surface area contributed by atoms with Crippen molar-refractivity contribution in [3.8, 4) is 40.2 Å². The molecular formula is C26H17Cl2FN2O. The van der Waals surface area contributed by atoms with Crippen LogP contribution >= 0.6 is 23.2 Å².